The molecule has 2 aromatic rings. The van der Waals surface area contributed by atoms with E-state index in [1.165, 1.54) is 0 Å². The third-order valence-corrected chi connectivity index (χ3v) is 2.60. The molecule has 0 radical (unpaired) electrons. The topological polar surface area (TPSA) is 66.5 Å². The Morgan fingerprint density at radius 3 is 2.89 bits per heavy atom. The van der Waals surface area contributed by atoms with E-state index >= 15 is 0 Å². The first-order chi connectivity index (χ1) is 8.69. The average molecular weight is 241 g/mol. The third kappa shape index (κ3) is 2.86. The molecule has 0 aliphatic carbocycles. The molecule has 1 N–H and O–H groups in total. The van der Waals surface area contributed by atoms with Crippen LogP contribution in [0.15, 0.2) is 24.4 Å². The first-order valence-corrected chi connectivity index (χ1v) is 5.79. The summed E-state index contributed by atoms with van der Waals surface area (Å²) in [7, 11) is 1.90. The van der Waals surface area contributed by atoms with Crippen molar-refractivity contribution >= 4 is 5.82 Å². The monoisotopic (exact) mass is 241 g/mol. The summed E-state index contributed by atoms with van der Waals surface area (Å²) < 4.78 is 1.78. The Balaban J connectivity index is 1.98. The SMILES string of the molecule is Cc1ccc(C#N)c(NCCc2ccn(C)n2)n1. The van der Waals surface area contributed by atoms with E-state index in [0.29, 0.717) is 17.9 Å². The predicted octanol–water partition coefficient (Wildman–Crippen LogP) is 1.65. The van der Waals surface area contributed by atoms with E-state index in [9.17, 15) is 0 Å². The van der Waals surface area contributed by atoms with Crippen LogP contribution in [0.5, 0.6) is 0 Å². The van der Waals surface area contributed by atoms with Crippen molar-refractivity contribution in [2.45, 2.75) is 13.3 Å². The maximum atomic E-state index is 8.98. The first-order valence-electron chi connectivity index (χ1n) is 5.79. The van der Waals surface area contributed by atoms with E-state index in [0.717, 1.165) is 17.8 Å². The van der Waals surface area contributed by atoms with E-state index < -0.39 is 0 Å². The molecular weight excluding hydrogens is 226 g/mol. The Hall–Kier alpha value is -2.35. The molecule has 0 amide bonds. The van der Waals surface area contributed by atoms with Crippen molar-refractivity contribution in [3.05, 3.63) is 41.3 Å². The van der Waals surface area contributed by atoms with Crippen molar-refractivity contribution in [3.63, 3.8) is 0 Å². The molecule has 0 fully saturated rings. The van der Waals surface area contributed by atoms with Crippen LogP contribution in [0.3, 0.4) is 0 Å². The largest absolute Gasteiger partial charge is 0.369 e. The van der Waals surface area contributed by atoms with E-state index in [2.05, 4.69) is 21.5 Å². The zero-order valence-electron chi connectivity index (χ0n) is 10.5. The highest BCUT2D eigenvalue weighted by molar-refractivity contribution is 5.52. The summed E-state index contributed by atoms with van der Waals surface area (Å²) in [5.74, 6) is 0.647. The molecule has 0 spiro atoms. The molecular formula is C13H15N5. The van der Waals surface area contributed by atoms with Gasteiger partial charge in [-0.1, -0.05) is 0 Å². The summed E-state index contributed by atoms with van der Waals surface area (Å²) in [5.41, 5.74) is 2.49. The number of aromatic nitrogens is 3. The fourth-order valence-electron chi connectivity index (χ4n) is 1.69. The summed E-state index contributed by atoms with van der Waals surface area (Å²) in [6.45, 7) is 2.62. The second-order valence-corrected chi connectivity index (χ2v) is 4.12. The lowest BCUT2D eigenvalue weighted by Gasteiger charge is -2.06. The number of aryl methyl sites for hydroxylation is 2. The summed E-state index contributed by atoms with van der Waals surface area (Å²) in [6, 6.07) is 7.73. The highest BCUT2D eigenvalue weighted by Crippen LogP contribution is 2.12. The number of nitriles is 1. The molecule has 0 aromatic carbocycles. The molecule has 18 heavy (non-hydrogen) atoms. The molecule has 5 nitrogen and oxygen atoms in total. The van der Waals surface area contributed by atoms with Crippen LogP contribution in [0.25, 0.3) is 0 Å². The Bertz CT molecular complexity index is 579. The Morgan fingerprint density at radius 2 is 2.22 bits per heavy atom. The maximum Gasteiger partial charge on any atom is 0.144 e. The second-order valence-electron chi connectivity index (χ2n) is 4.12. The molecule has 0 unspecified atom stereocenters. The molecule has 0 atom stereocenters. The Morgan fingerprint density at radius 1 is 1.39 bits per heavy atom. The van der Waals surface area contributed by atoms with Crippen LogP contribution in [0, 0.1) is 18.3 Å². The molecule has 0 saturated heterocycles. The number of anilines is 1. The van der Waals surface area contributed by atoms with Gasteiger partial charge in [0, 0.05) is 31.9 Å². The van der Waals surface area contributed by atoms with Crippen molar-refractivity contribution in [1.29, 1.82) is 5.26 Å². The minimum Gasteiger partial charge on any atom is -0.369 e. The van der Waals surface area contributed by atoms with Crippen molar-refractivity contribution < 1.29 is 0 Å². The molecule has 2 heterocycles. The number of rotatable bonds is 4. The zero-order valence-corrected chi connectivity index (χ0v) is 10.5. The molecule has 0 bridgehead atoms. The van der Waals surface area contributed by atoms with Crippen LogP contribution < -0.4 is 5.32 Å². The minimum atomic E-state index is 0.571. The number of nitrogens with one attached hydrogen (secondary N) is 1. The lowest BCUT2D eigenvalue weighted by Crippen LogP contribution is -2.09. The van der Waals surface area contributed by atoms with Crippen LogP contribution in [0.1, 0.15) is 17.0 Å². The summed E-state index contributed by atoms with van der Waals surface area (Å²) in [6.07, 6.45) is 2.72. The van der Waals surface area contributed by atoms with Gasteiger partial charge in [-0.25, -0.2) is 4.98 Å². The van der Waals surface area contributed by atoms with Gasteiger partial charge < -0.3 is 5.32 Å². The fraction of sp³-hybridized carbons (Fsp3) is 0.308. The van der Waals surface area contributed by atoms with E-state index in [-0.39, 0.29) is 0 Å². The van der Waals surface area contributed by atoms with Crippen LogP contribution in [0.2, 0.25) is 0 Å². The summed E-state index contributed by atoms with van der Waals surface area (Å²) >= 11 is 0. The smallest absolute Gasteiger partial charge is 0.144 e. The molecule has 2 rings (SSSR count). The number of pyridine rings is 1. The van der Waals surface area contributed by atoms with Gasteiger partial charge in [-0.3, -0.25) is 4.68 Å². The maximum absolute atomic E-state index is 8.98. The van der Waals surface area contributed by atoms with Gasteiger partial charge in [-0.05, 0) is 25.1 Å². The summed E-state index contributed by atoms with van der Waals surface area (Å²) in [4.78, 5) is 4.32. The zero-order chi connectivity index (χ0) is 13.0. The van der Waals surface area contributed by atoms with Crippen molar-refractivity contribution in [3.8, 4) is 6.07 Å². The normalized spacial score (nSPS) is 10.1. The second kappa shape index (κ2) is 5.32. The lowest BCUT2D eigenvalue weighted by molar-refractivity contribution is 0.742. The van der Waals surface area contributed by atoms with Crippen molar-refractivity contribution in [1.82, 2.24) is 14.8 Å². The van der Waals surface area contributed by atoms with E-state index in [1.807, 2.05) is 32.3 Å². The van der Waals surface area contributed by atoms with Crippen LogP contribution in [0.4, 0.5) is 5.82 Å². The van der Waals surface area contributed by atoms with Crippen molar-refractivity contribution in [2.75, 3.05) is 11.9 Å². The van der Waals surface area contributed by atoms with Gasteiger partial charge in [-0.2, -0.15) is 10.4 Å². The van der Waals surface area contributed by atoms with Crippen LogP contribution >= 0.6 is 0 Å². The van der Waals surface area contributed by atoms with Crippen LogP contribution in [-0.2, 0) is 13.5 Å². The molecule has 0 saturated carbocycles. The minimum absolute atomic E-state index is 0.571. The predicted molar refractivity (Wildman–Crippen MR) is 69.1 cm³/mol. The fourth-order valence-corrected chi connectivity index (χ4v) is 1.69. The highest BCUT2D eigenvalue weighted by atomic mass is 15.2. The average Bonchev–Trinajstić information content (AvgIpc) is 2.75. The lowest BCUT2D eigenvalue weighted by atomic mass is 10.2. The highest BCUT2D eigenvalue weighted by Gasteiger charge is 2.04. The molecule has 5 heteroatoms. The van der Waals surface area contributed by atoms with Gasteiger partial charge in [0.05, 0.1) is 11.3 Å². The van der Waals surface area contributed by atoms with Crippen LogP contribution in [-0.4, -0.2) is 21.3 Å². The number of nitrogens with zero attached hydrogens (tertiary/aromatic N) is 4. The quantitative estimate of drug-likeness (QED) is 0.883. The van der Waals surface area contributed by atoms with Gasteiger partial charge in [0.2, 0.25) is 0 Å². The Kier molecular flexibility index (Phi) is 3.58. The summed E-state index contributed by atoms with van der Waals surface area (Å²) in [5, 5.41) is 16.5. The van der Waals surface area contributed by atoms with E-state index in [1.54, 1.807) is 10.7 Å². The first kappa shape index (κ1) is 12.1. The molecule has 0 aliphatic rings. The van der Waals surface area contributed by atoms with Gasteiger partial charge in [0.1, 0.15) is 11.9 Å². The molecule has 2 aromatic heterocycles. The van der Waals surface area contributed by atoms with Gasteiger partial charge >= 0.3 is 0 Å². The number of hydrogen-bond donors (Lipinski definition) is 1. The van der Waals surface area contributed by atoms with E-state index in [4.69, 9.17) is 5.26 Å². The van der Waals surface area contributed by atoms with Gasteiger partial charge in [0.25, 0.3) is 0 Å². The molecule has 92 valence electrons. The van der Waals surface area contributed by atoms with Gasteiger partial charge in [-0.15, -0.1) is 0 Å². The third-order valence-electron chi connectivity index (χ3n) is 2.60. The number of hydrogen-bond acceptors (Lipinski definition) is 4. The standard InChI is InChI=1S/C13H15N5/c1-10-3-4-11(9-14)13(16-10)15-7-5-12-6-8-18(2)17-12/h3-4,6,8H,5,7H2,1-2H3,(H,15,16). The molecule has 0 aliphatic heterocycles. The van der Waals surface area contributed by atoms with Crippen molar-refractivity contribution in [2.24, 2.45) is 7.05 Å². The Labute approximate surface area is 106 Å². The van der Waals surface area contributed by atoms with Gasteiger partial charge in [0.15, 0.2) is 0 Å².